The summed E-state index contributed by atoms with van der Waals surface area (Å²) in [7, 11) is 1.93. The molecule has 236 valence electrons. The Balaban J connectivity index is 0.000000641. The van der Waals surface area contributed by atoms with E-state index in [1.165, 1.54) is 25.2 Å². The molecule has 1 unspecified atom stereocenters. The lowest BCUT2D eigenvalue weighted by atomic mass is 9.43. The third kappa shape index (κ3) is 5.42. The van der Waals surface area contributed by atoms with Gasteiger partial charge in [-0.1, -0.05) is 43.3 Å². The molecule has 7 nitrogen and oxygen atoms in total. The van der Waals surface area contributed by atoms with Gasteiger partial charge in [0, 0.05) is 36.8 Å². The summed E-state index contributed by atoms with van der Waals surface area (Å²) >= 11 is 0. The predicted molar refractivity (Wildman–Crippen MR) is 158 cm³/mol. The van der Waals surface area contributed by atoms with E-state index in [9.17, 15) is 24.6 Å². The van der Waals surface area contributed by atoms with Gasteiger partial charge in [0.25, 0.3) is 0 Å². The van der Waals surface area contributed by atoms with Crippen LogP contribution in [0.4, 0.5) is 8.78 Å². The van der Waals surface area contributed by atoms with Crippen LogP contribution in [0.5, 0.6) is 0 Å². The molecule has 0 heterocycles. The molecule has 43 heavy (non-hydrogen) atoms. The van der Waals surface area contributed by atoms with Crippen molar-refractivity contribution in [2.24, 2.45) is 28.1 Å². The minimum atomic E-state index is -2.17. The van der Waals surface area contributed by atoms with Gasteiger partial charge in [-0.05, 0) is 81.2 Å². The van der Waals surface area contributed by atoms with Crippen molar-refractivity contribution >= 4 is 17.5 Å². The van der Waals surface area contributed by atoms with Gasteiger partial charge >= 0.3 is 5.97 Å². The van der Waals surface area contributed by atoms with E-state index in [1.54, 1.807) is 13.8 Å². The number of benzene rings is 1. The van der Waals surface area contributed by atoms with Gasteiger partial charge in [0.05, 0.1) is 12.7 Å². The first-order valence-corrected chi connectivity index (χ1v) is 15.2. The molecule has 0 saturated heterocycles. The standard InChI is InChI=1S/C30H37F2NO4.C4H8O2/c1-27-11-9-20(35)13-23(27)24(31)14-22-21-10-12-29(26(37)17-34,28(21,2)15-25(36)30(22,27)32)18-33(3)16-19-7-5-4-6-8-19;1-3-6-4(2)5/h4-9,11,13,21-22,24-25,34,36H,10,12,14-18H2,1-3H3;3H2,1-2H3/t21?,22-,24-,25-,27-,28-,29-,30-;/m0./s1. The number of hydrogen-bond donors (Lipinski definition) is 2. The fourth-order valence-electron chi connectivity index (χ4n) is 8.89. The Morgan fingerprint density at radius 2 is 1.84 bits per heavy atom. The number of aliphatic hydroxyl groups excluding tert-OH is 2. The second-order valence-corrected chi connectivity index (χ2v) is 13.1. The average Bonchev–Trinajstić information content (AvgIpc) is 3.23. The largest absolute Gasteiger partial charge is 0.466 e. The number of alkyl halides is 2. The average molecular weight is 602 g/mol. The number of esters is 1. The Morgan fingerprint density at radius 1 is 1.16 bits per heavy atom. The number of ether oxygens (including phenoxy) is 1. The molecule has 8 atom stereocenters. The molecule has 0 aliphatic heterocycles. The summed E-state index contributed by atoms with van der Waals surface area (Å²) in [5.74, 6) is -2.08. The van der Waals surface area contributed by atoms with E-state index in [-0.39, 0.29) is 41.9 Å². The maximum absolute atomic E-state index is 17.4. The number of halogens is 2. The fourth-order valence-corrected chi connectivity index (χ4v) is 8.89. The molecule has 0 radical (unpaired) electrons. The first-order chi connectivity index (χ1) is 20.2. The van der Waals surface area contributed by atoms with Gasteiger partial charge in [-0.2, -0.15) is 0 Å². The van der Waals surface area contributed by atoms with Gasteiger partial charge in [-0.25, -0.2) is 8.78 Å². The van der Waals surface area contributed by atoms with Gasteiger partial charge in [-0.3, -0.25) is 14.4 Å². The molecular weight excluding hydrogens is 556 g/mol. The molecule has 2 N–H and O–H groups in total. The second-order valence-electron chi connectivity index (χ2n) is 13.1. The molecule has 1 aromatic rings. The van der Waals surface area contributed by atoms with Crippen LogP contribution in [0.3, 0.4) is 0 Å². The molecule has 3 fully saturated rings. The topological polar surface area (TPSA) is 104 Å². The van der Waals surface area contributed by atoms with Crippen LogP contribution in [0.1, 0.15) is 58.9 Å². The van der Waals surface area contributed by atoms with Crippen molar-refractivity contribution < 1.29 is 38.1 Å². The Kier molecular flexibility index (Phi) is 9.50. The van der Waals surface area contributed by atoms with Crippen LogP contribution in [0.25, 0.3) is 0 Å². The highest BCUT2D eigenvalue weighted by Gasteiger charge is 2.75. The number of allylic oxidation sites excluding steroid dienone is 4. The number of rotatable bonds is 7. The van der Waals surface area contributed by atoms with Crippen molar-refractivity contribution in [1.82, 2.24) is 4.90 Å². The third-order valence-electron chi connectivity index (χ3n) is 10.9. The zero-order valence-electron chi connectivity index (χ0n) is 25.8. The molecular formula is C34H45F2NO6. The van der Waals surface area contributed by atoms with E-state index in [0.29, 0.717) is 32.5 Å². The summed E-state index contributed by atoms with van der Waals surface area (Å²) in [6, 6.07) is 9.87. The number of carbonyl (C=O) groups is 3. The lowest BCUT2D eigenvalue weighted by molar-refractivity contribution is -0.213. The van der Waals surface area contributed by atoms with Gasteiger partial charge in [-0.15, -0.1) is 0 Å². The predicted octanol–water partition coefficient (Wildman–Crippen LogP) is 4.55. The van der Waals surface area contributed by atoms with Crippen molar-refractivity contribution in [2.75, 3.05) is 26.8 Å². The molecule has 0 amide bonds. The zero-order chi connectivity index (χ0) is 31.8. The maximum Gasteiger partial charge on any atom is 0.302 e. The Labute approximate surface area is 253 Å². The van der Waals surface area contributed by atoms with Gasteiger partial charge in [0.1, 0.15) is 12.8 Å². The van der Waals surface area contributed by atoms with Crippen LogP contribution >= 0.6 is 0 Å². The van der Waals surface area contributed by atoms with E-state index in [2.05, 4.69) is 9.64 Å². The lowest BCUT2D eigenvalue weighted by Crippen LogP contribution is -2.69. The SMILES string of the molecule is CCOC(C)=O.CN(Cc1ccccc1)C[C@]1(C(=O)CO)CCC2[C@@H]3C[C@H](F)C4=CC(=O)C=C[C@]4(C)[C@@]3(F)[C@@H](O)C[C@@]21C. The van der Waals surface area contributed by atoms with Crippen LogP contribution in [-0.2, 0) is 25.7 Å². The van der Waals surface area contributed by atoms with Crippen LogP contribution in [0.2, 0.25) is 0 Å². The smallest absolute Gasteiger partial charge is 0.302 e. The normalized spacial score (nSPS) is 37.8. The van der Waals surface area contributed by atoms with Crippen LogP contribution < -0.4 is 0 Å². The highest BCUT2D eigenvalue weighted by atomic mass is 19.1. The van der Waals surface area contributed by atoms with E-state index < -0.39 is 46.7 Å². The van der Waals surface area contributed by atoms with Gasteiger partial charge in [0.15, 0.2) is 17.2 Å². The van der Waals surface area contributed by atoms with E-state index in [4.69, 9.17) is 0 Å². The molecule has 9 heteroatoms. The fraction of sp³-hybridized carbons (Fsp3) is 0.618. The van der Waals surface area contributed by atoms with Crippen molar-refractivity contribution in [2.45, 2.75) is 77.9 Å². The maximum atomic E-state index is 17.4. The molecule has 4 aliphatic carbocycles. The molecule has 0 bridgehead atoms. The van der Waals surface area contributed by atoms with E-state index in [0.717, 1.165) is 5.56 Å². The molecule has 0 aromatic heterocycles. The number of fused-ring (bicyclic) bond motifs is 5. The first kappa shape index (κ1) is 33.1. The summed E-state index contributed by atoms with van der Waals surface area (Å²) < 4.78 is 37.4. The highest BCUT2D eigenvalue weighted by Crippen LogP contribution is 2.72. The van der Waals surface area contributed by atoms with Gasteiger partial charge in [0.2, 0.25) is 0 Å². The van der Waals surface area contributed by atoms with E-state index >= 15 is 8.78 Å². The second kappa shape index (κ2) is 12.3. The zero-order valence-corrected chi connectivity index (χ0v) is 25.8. The Hall–Kier alpha value is -2.75. The van der Waals surface area contributed by atoms with E-state index in [1.807, 2.05) is 44.3 Å². The first-order valence-electron chi connectivity index (χ1n) is 15.2. The minimum Gasteiger partial charge on any atom is -0.466 e. The van der Waals surface area contributed by atoms with Crippen LogP contribution in [0, 0.1) is 28.1 Å². The minimum absolute atomic E-state index is 0.0250. The van der Waals surface area contributed by atoms with Crippen LogP contribution in [-0.4, -0.2) is 77.4 Å². The van der Waals surface area contributed by atoms with Crippen molar-refractivity contribution in [1.29, 1.82) is 0 Å². The molecule has 5 rings (SSSR count). The number of Topliss-reactive ketones (excluding diaryl/α,β-unsaturated/α-hetero) is 1. The molecule has 4 aliphatic rings. The quantitative estimate of drug-likeness (QED) is 0.442. The van der Waals surface area contributed by atoms with Gasteiger partial charge < -0.3 is 19.8 Å². The number of nitrogens with zero attached hydrogens (tertiary/aromatic N) is 1. The summed E-state index contributed by atoms with van der Waals surface area (Å²) in [5.41, 5.74) is -4.26. The summed E-state index contributed by atoms with van der Waals surface area (Å²) in [6.45, 7) is 7.48. The third-order valence-corrected chi connectivity index (χ3v) is 10.9. The molecule has 0 spiro atoms. The highest BCUT2D eigenvalue weighted by molar-refractivity contribution is 6.01. The Morgan fingerprint density at radius 3 is 2.42 bits per heavy atom. The lowest BCUT2D eigenvalue weighted by Gasteiger charge is -2.63. The summed E-state index contributed by atoms with van der Waals surface area (Å²) in [4.78, 5) is 37.4. The number of aliphatic hydroxyl groups is 2. The van der Waals surface area contributed by atoms with Crippen molar-refractivity contribution in [3.63, 3.8) is 0 Å². The van der Waals surface area contributed by atoms with Crippen molar-refractivity contribution in [3.8, 4) is 0 Å². The molecule has 1 aromatic carbocycles. The summed E-state index contributed by atoms with van der Waals surface area (Å²) in [6.07, 6.45) is 1.77. The number of carbonyl (C=O) groups excluding carboxylic acids is 3. The molecule has 3 saturated carbocycles. The summed E-state index contributed by atoms with van der Waals surface area (Å²) in [5, 5.41) is 21.6. The Bertz CT molecular complexity index is 1280. The number of ketones is 2. The van der Waals surface area contributed by atoms with Crippen molar-refractivity contribution in [3.05, 3.63) is 59.7 Å². The monoisotopic (exact) mass is 601 g/mol. The number of hydrogen-bond acceptors (Lipinski definition) is 7. The van der Waals surface area contributed by atoms with Crippen LogP contribution in [0.15, 0.2) is 54.1 Å².